The highest BCUT2D eigenvalue weighted by Gasteiger charge is 2.04. The summed E-state index contributed by atoms with van der Waals surface area (Å²) in [4.78, 5) is 0. The van der Waals surface area contributed by atoms with E-state index in [0.29, 0.717) is 43.8 Å². The summed E-state index contributed by atoms with van der Waals surface area (Å²) in [6.07, 6.45) is 0. The third-order valence-electron chi connectivity index (χ3n) is 1.58. The Hall–Kier alpha value is -1.15. The van der Waals surface area contributed by atoms with Crippen LogP contribution in [0.15, 0.2) is 12.1 Å². The highest BCUT2D eigenvalue weighted by atomic mass is 28.2. The molecule has 66 valence electrons. The molecule has 0 atom stereocenters. The molecule has 6 heteroatoms. The lowest BCUT2D eigenvalue weighted by atomic mass is 10.2. The van der Waals surface area contributed by atoms with Crippen LogP contribution >= 0.6 is 0 Å². The maximum Gasteiger partial charge on any atom is 0.204 e. The van der Waals surface area contributed by atoms with Crippen LogP contribution in [0.2, 0.25) is 0 Å². The van der Waals surface area contributed by atoms with Crippen LogP contribution < -0.4 is 20.3 Å². The van der Waals surface area contributed by atoms with Crippen LogP contribution in [0.3, 0.4) is 0 Å². The lowest BCUT2D eigenvalue weighted by Crippen LogP contribution is -1.99. The van der Waals surface area contributed by atoms with Gasteiger partial charge in [0.2, 0.25) is 21.0 Å². The second-order valence-corrected chi connectivity index (χ2v) is 3.15. The fourth-order valence-corrected chi connectivity index (χ4v) is 1.66. The Morgan fingerprint density at radius 2 is 1.33 bits per heavy atom. The molecule has 0 aromatic heterocycles. The van der Waals surface area contributed by atoms with Crippen LogP contribution in [0.4, 0.5) is 11.4 Å². The predicted octanol–water partition coefficient (Wildman–Crippen LogP) is -1.83. The van der Waals surface area contributed by atoms with E-state index in [9.17, 15) is 0 Å². The van der Waals surface area contributed by atoms with Gasteiger partial charge in [-0.15, -0.1) is 0 Å². The topological polar surface area (TPSA) is 70.5 Å². The quantitative estimate of drug-likeness (QED) is 0.435. The first kappa shape index (κ1) is 8.95. The normalized spacial score (nSPS) is 10.0. The second-order valence-electron chi connectivity index (χ2n) is 2.34. The van der Waals surface area contributed by atoms with Crippen molar-refractivity contribution in [1.82, 2.24) is 0 Å². The van der Waals surface area contributed by atoms with Gasteiger partial charge in [0.05, 0.1) is 11.4 Å². The molecule has 4 N–H and O–H groups in total. The highest BCUT2D eigenvalue weighted by Crippen LogP contribution is 2.31. The van der Waals surface area contributed by atoms with Crippen molar-refractivity contribution in [2.24, 2.45) is 0 Å². The number of nitrogen functional groups attached to an aromatic ring is 2. The second kappa shape index (κ2) is 3.50. The molecule has 0 saturated heterocycles. The summed E-state index contributed by atoms with van der Waals surface area (Å²) in [5.74, 6) is 1.31. The van der Waals surface area contributed by atoms with Crippen LogP contribution in [0.1, 0.15) is 0 Å². The fourth-order valence-electron chi connectivity index (χ4n) is 0.949. The van der Waals surface area contributed by atoms with Gasteiger partial charge in [-0.25, -0.2) is 0 Å². The maximum absolute atomic E-state index is 5.63. The molecule has 0 aliphatic carbocycles. The number of rotatable bonds is 2. The summed E-state index contributed by atoms with van der Waals surface area (Å²) < 4.78 is 10.3. The molecule has 0 heterocycles. The van der Waals surface area contributed by atoms with Crippen molar-refractivity contribution >= 4 is 32.3 Å². The number of hydrogen-bond donors (Lipinski definition) is 2. The number of hydrogen-bond acceptors (Lipinski definition) is 4. The first-order valence-corrected chi connectivity index (χ1v) is 5.09. The van der Waals surface area contributed by atoms with Gasteiger partial charge < -0.3 is 20.3 Å². The Morgan fingerprint density at radius 1 is 0.917 bits per heavy atom. The third-order valence-corrected chi connectivity index (χ3v) is 2.46. The number of benzene rings is 1. The van der Waals surface area contributed by atoms with Crippen molar-refractivity contribution in [3.05, 3.63) is 12.1 Å². The molecule has 1 aromatic rings. The lowest BCUT2D eigenvalue weighted by Gasteiger charge is -2.10. The van der Waals surface area contributed by atoms with E-state index in [1.807, 2.05) is 0 Å². The zero-order valence-electron chi connectivity index (χ0n) is 7.13. The molecule has 0 bridgehead atoms. The largest absolute Gasteiger partial charge is 0.552 e. The van der Waals surface area contributed by atoms with Crippen LogP contribution in [-0.2, 0) is 0 Å². The summed E-state index contributed by atoms with van der Waals surface area (Å²) in [5, 5.41) is 0. The lowest BCUT2D eigenvalue weighted by molar-refractivity contribution is 0.592. The molecule has 0 spiro atoms. The standard InChI is InChI=1S/C6H12N2O2Si2/c7-3-1-4(8)6(10-12)2-5(3)9-11/h1-2H,7-8H2,11-12H3. The zero-order chi connectivity index (χ0) is 9.14. The summed E-state index contributed by atoms with van der Waals surface area (Å²) >= 11 is 0. The molecule has 0 fully saturated rings. The van der Waals surface area contributed by atoms with Gasteiger partial charge in [-0.2, -0.15) is 0 Å². The van der Waals surface area contributed by atoms with Crippen molar-refractivity contribution in [3.8, 4) is 11.5 Å². The molecule has 0 aliphatic rings. The van der Waals surface area contributed by atoms with Gasteiger partial charge in [0.1, 0.15) is 11.5 Å². The Labute approximate surface area is 76.9 Å². The van der Waals surface area contributed by atoms with Crippen LogP contribution in [0.25, 0.3) is 0 Å². The van der Waals surface area contributed by atoms with E-state index >= 15 is 0 Å². The Morgan fingerprint density at radius 3 is 1.67 bits per heavy atom. The Balaban J connectivity index is 3.18. The van der Waals surface area contributed by atoms with E-state index in [1.54, 1.807) is 12.1 Å². The summed E-state index contributed by atoms with van der Waals surface area (Å²) in [7, 11) is 1.22. The SMILES string of the molecule is Nc1cc(N)c(O[SiH3])cc1O[SiH3]. The molecule has 0 amide bonds. The van der Waals surface area contributed by atoms with Crippen molar-refractivity contribution < 1.29 is 8.85 Å². The van der Waals surface area contributed by atoms with E-state index in [-0.39, 0.29) is 0 Å². The van der Waals surface area contributed by atoms with Crippen molar-refractivity contribution in [3.63, 3.8) is 0 Å². The van der Waals surface area contributed by atoms with Gasteiger partial charge in [-0.05, 0) is 6.07 Å². The number of nitrogens with two attached hydrogens (primary N) is 2. The minimum atomic E-state index is 0.560. The summed E-state index contributed by atoms with van der Waals surface area (Å²) in [6, 6.07) is 3.38. The van der Waals surface area contributed by atoms with Gasteiger partial charge in [0.15, 0.2) is 0 Å². The molecule has 0 saturated carbocycles. The Bertz CT molecular complexity index is 268. The molecule has 1 rings (SSSR count). The van der Waals surface area contributed by atoms with Crippen LogP contribution in [-0.4, -0.2) is 21.0 Å². The van der Waals surface area contributed by atoms with Gasteiger partial charge in [-0.1, -0.05) is 0 Å². The smallest absolute Gasteiger partial charge is 0.204 e. The zero-order valence-corrected chi connectivity index (χ0v) is 11.1. The molecule has 0 aliphatic heterocycles. The highest BCUT2D eigenvalue weighted by molar-refractivity contribution is 6.02. The minimum absolute atomic E-state index is 0.560. The van der Waals surface area contributed by atoms with Crippen LogP contribution in [0.5, 0.6) is 11.5 Å². The van der Waals surface area contributed by atoms with Gasteiger partial charge >= 0.3 is 0 Å². The summed E-state index contributed by atoms with van der Waals surface area (Å²) in [5.41, 5.74) is 12.4. The van der Waals surface area contributed by atoms with Gasteiger partial charge in [-0.3, -0.25) is 0 Å². The first-order chi connectivity index (χ1) is 5.69. The van der Waals surface area contributed by atoms with E-state index in [1.165, 1.54) is 0 Å². The molecule has 1 aromatic carbocycles. The minimum Gasteiger partial charge on any atom is -0.552 e. The Kier molecular flexibility index (Phi) is 2.61. The van der Waals surface area contributed by atoms with E-state index in [2.05, 4.69) is 0 Å². The van der Waals surface area contributed by atoms with Crippen molar-refractivity contribution in [2.45, 2.75) is 0 Å². The monoisotopic (exact) mass is 200 g/mol. The predicted molar refractivity (Wildman–Crippen MR) is 56.4 cm³/mol. The average Bonchev–Trinajstić information content (AvgIpc) is 2.05. The van der Waals surface area contributed by atoms with E-state index in [4.69, 9.17) is 20.3 Å². The summed E-state index contributed by atoms with van der Waals surface area (Å²) in [6.45, 7) is 0. The van der Waals surface area contributed by atoms with Crippen molar-refractivity contribution in [2.75, 3.05) is 11.5 Å². The first-order valence-electron chi connectivity index (χ1n) is 3.46. The van der Waals surface area contributed by atoms with E-state index < -0.39 is 0 Å². The molecular weight excluding hydrogens is 188 g/mol. The molecule has 0 unspecified atom stereocenters. The number of anilines is 2. The molecule has 4 nitrogen and oxygen atoms in total. The van der Waals surface area contributed by atoms with Gasteiger partial charge in [0, 0.05) is 6.07 Å². The molecule has 12 heavy (non-hydrogen) atoms. The third kappa shape index (κ3) is 1.54. The fraction of sp³-hybridized carbons (Fsp3) is 0. The average molecular weight is 200 g/mol. The molecule has 0 radical (unpaired) electrons. The van der Waals surface area contributed by atoms with E-state index in [0.717, 1.165) is 0 Å². The van der Waals surface area contributed by atoms with Gasteiger partial charge in [0.25, 0.3) is 0 Å². The molecular formula is C6H12N2O2Si2. The van der Waals surface area contributed by atoms with Crippen molar-refractivity contribution in [1.29, 1.82) is 0 Å². The van der Waals surface area contributed by atoms with Crippen LogP contribution in [0, 0.1) is 0 Å². The maximum atomic E-state index is 5.63.